The van der Waals surface area contributed by atoms with Crippen molar-refractivity contribution in [2.75, 3.05) is 5.73 Å². The average Bonchev–Trinajstić information content (AvgIpc) is 2.63. The minimum absolute atomic E-state index is 0.611. The van der Waals surface area contributed by atoms with Gasteiger partial charge in [0.05, 0.1) is 5.69 Å². The van der Waals surface area contributed by atoms with Crippen LogP contribution in [0.1, 0.15) is 71.3 Å². The fourth-order valence-corrected chi connectivity index (χ4v) is 2.45. The van der Waals surface area contributed by atoms with Gasteiger partial charge in [-0.2, -0.15) is 0 Å². The van der Waals surface area contributed by atoms with Crippen LogP contribution in [0.5, 0.6) is 0 Å². The monoisotopic (exact) mass is 265 g/mol. The summed E-state index contributed by atoms with van der Waals surface area (Å²) in [6.07, 6.45) is 8.29. The van der Waals surface area contributed by atoms with E-state index in [2.05, 4.69) is 32.3 Å². The third-order valence-corrected chi connectivity index (χ3v) is 3.45. The molecule has 0 atom stereocenters. The maximum atomic E-state index is 6.30. The number of nitrogens with zero attached hydrogens (tertiary/aromatic N) is 2. The van der Waals surface area contributed by atoms with Gasteiger partial charge < -0.3 is 10.3 Å². The van der Waals surface area contributed by atoms with Crippen LogP contribution in [0.25, 0.3) is 0 Å². The Hall–Kier alpha value is -0.990. The van der Waals surface area contributed by atoms with Crippen LogP contribution in [0.2, 0.25) is 0 Å². The predicted molar refractivity (Wildman–Crippen MR) is 83.3 cm³/mol. The minimum Gasteiger partial charge on any atom is -0.384 e. The molecule has 0 saturated carbocycles. The van der Waals surface area contributed by atoms with E-state index in [4.69, 9.17) is 10.7 Å². The Kier molecular flexibility index (Phi) is 6.96. The van der Waals surface area contributed by atoms with Gasteiger partial charge in [0.1, 0.15) is 11.6 Å². The van der Waals surface area contributed by atoms with Crippen LogP contribution in [0.15, 0.2) is 0 Å². The van der Waals surface area contributed by atoms with Gasteiger partial charge in [-0.3, -0.25) is 0 Å². The first-order valence-corrected chi connectivity index (χ1v) is 7.93. The van der Waals surface area contributed by atoms with Crippen molar-refractivity contribution in [1.82, 2.24) is 9.55 Å². The molecule has 1 heterocycles. The molecular weight excluding hydrogens is 234 g/mol. The van der Waals surface area contributed by atoms with Gasteiger partial charge in [-0.05, 0) is 25.2 Å². The SMILES string of the molecule is CCCCCCc1nc(CCC)n(CC(C)C)c1N. The number of hydrogen-bond donors (Lipinski definition) is 1. The van der Waals surface area contributed by atoms with E-state index in [1.165, 1.54) is 31.5 Å². The lowest BCUT2D eigenvalue weighted by Gasteiger charge is -2.11. The number of hydrogen-bond acceptors (Lipinski definition) is 2. The first-order chi connectivity index (χ1) is 9.10. The lowest BCUT2D eigenvalue weighted by atomic mass is 10.1. The van der Waals surface area contributed by atoms with Gasteiger partial charge >= 0.3 is 0 Å². The molecule has 0 saturated heterocycles. The van der Waals surface area contributed by atoms with Crippen LogP contribution in [-0.2, 0) is 19.4 Å². The molecule has 1 rings (SSSR count). The number of nitrogen functional groups attached to an aromatic ring is 1. The number of aromatic nitrogens is 2. The normalized spacial score (nSPS) is 11.4. The van der Waals surface area contributed by atoms with E-state index in [9.17, 15) is 0 Å². The van der Waals surface area contributed by atoms with Gasteiger partial charge in [0.25, 0.3) is 0 Å². The summed E-state index contributed by atoms with van der Waals surface area (Å²) < 4.78 is 2.24. The largest absolute Gasteiger partial charge is 0.384 e. The lowest BCUT2D eigenvalue weighted by molar-refractivity contribution is 0.509. The number of imidazole rings is 1. The minimum atomic E-state index is 0.611. The summed E-state index contributed by atoms with van der Waals surface area (Å²) >= 11 is 0. The van der Waals surface area contributed by atoms with Crippen molar-refractivity contribution >= 4 is 5.82 Å². The fourth-order valence-electron chi connectivity index (χ4n) is 2.45. The summed E-state index contributed by atoms with van der Waals surface area (Å²) in [7, 11) is 0. The van der Waals surface area contributed by atoms with Crippen molar-refractivity contribution in [2.24, 2.45) is 5.92 Å². The molecule has 0 aromatic carbocycles. The van der Waals surface area contributed by atoms with Gasteiger partial charge in [-0.25, -0.2) is 4.98 Å². The Morgan fingerprint density at radius 2 is 1.79 bits per heavy atom. The lowest BCUT2D eigenvalue weighted by Crippen LogP contribution is -2.11. The maximum Gasteiger partial charge on any atom is 0.126 e. The summed E-state index contributed by atoms with van der Waals surface area (Å²) in [6.45, 7) is 9.89. The zero-order valence-electron chi connectivity index (χ0n) is 13.2. The molecule has 0 aliphatic carbocycles. The van der Waals surface area contributed by atoms with E-state index in [1.807, 2.05) is 0 Å². The topological polar surface area (TPSA) is 43.8 Å². The van der Waals surface area contributed by atoms with E-state index in [1.54, 1.807) is 0 Å². The third kappa shape index (κ3) is 4.88. The fraction of sp³-hybridized carbons (Fsp3) is 0.812. The molecule has 3 heteroatoms. The molecule has 0 aliphatic rings. The van der Waals surface area contributed by atoms with Gasteiger partial charge in [-0.15, -0.1) is 0 Å². The number of anilines is 1. The molecule has 0 fully saturated rings. The van der Waals surface area contributed by atoms with E-state index in [-0.39, 0.29) is 0 Å². The molecule has 0 spiro atoms. The number of unbranched alkanes of at least 4 members (excludes halogenated alkanes) is 3. The third-order valence-electron chi connectivity index (χ3n) is 3.45. The Morgan fingerprint density at radius 1 is 1.05 bits per heavy atom. The van der Waals surface area contributed by atoms with E-state index in [0.29, 0.717) is 5.92 Å². The molecule has 0 radical (unpaired) electrons. The smallest absolute Gasteiger partial charge is 0.126 e. The second-order valence-electron chi connectivity index (χ2n) is 5.93. The summed E-state index contributed by atoms with van der Waals surface area (Å²) in [5.74, 6) is 2.70. The molecular formula is C16H31N3. The van der Waals surface area contributed by atoms with E-state index in [0.717, 1.165) is 37.3 Å². The van der Waals surface area contributed by atoms with Crippen molar-refractivity contribution in [3.63, 3.8) is 0 Å². The van der Waals surface area contributed by atoms with Crippen molar-refractivity contribution < 1.29 is 0 Å². The highest BCUT2D eigenvalue weighted by Crippen LogP contribution is 2.20. The summed E-state index contributed by atoms with van der Waals surface area (Å²) in [4.78, 5) is 4.79. The zero-order chi connectivity index (χ0) is 14.3. The highest BCUT2D eigenvalue weighted by molar-refractivity contribution is 5.38. The van der Waals surface area contributed by atoms with E-state index < -0.39 is 0 Å². The van der Waals surface area contributed by atoms with Gasteiger partial charge in [-0.1, -0.05) is 47.0 Å². The van der Waals surface area contributed by atoms with Gasteiger partial charge in [0, 0.05) is 13.0 Å². The highest BCUT2D eigenvalue weighted by Gasteiger charge is 2.14. The van der Waals surface area contributed by atoms with Gasteiger partial charge in [0.15, 0.2) is 0 Å². The van der Waals surface area contributed by atoms with Crippen molar-refractivity contribution in [2.45, 2.75) is 79.2 Å². The molecule has 3 nitrogen and oxygen atoms in total. The quantitative estimate of drug-likeness (QED) is 0.680. The molecule has 0 amide bonds. The molecule has 0 aliphatic heterocycles. The first kappa shape index (κ1) is 16.1. The van der Waals surface area contributed by atoms with Crippen LogP contribution < -0.4 is 5.73 Å². The average molecular weight is 265 g/mol. The maximum absolute atomic E-state index is 6.30. The van der Waals surface area contributed by atoms with Crippen molar-refractivity contribution in [3.05, 3.63) is 11.5 Å². The molecule has 19 heavy (non-hydrogen) atoms. The standard InChI is InChI=1S/C16H31N3/c1-5-7-8-9-11-14-16(17)19(12-13(3)4)15(18-14)10-6-2/h13H,5-12,17H2,1-4H3. The second-order valence-corrected chi connectivity index (χ2v) is 5.93. The van der Waals surface area contributed by atoms with E-state index >= 15 is 0 Å². The summed E-state index contributed by atoms with van der Waals surface area (Å²) in [5.41, 5.74) is 7.42. The molecule has 0 unspecified atom stereocenters. The predicted octanol–water partition coefficient (Wildman–Crippen LogP) is 4.20. The highest BCUT2D eigenvalue weighted by atomic mass is 15.1. The molecule has 1 aromatic rings. The van der Waals surface area contributed by atoms with Crippen molar-refractivity contribution in [1.29, 1.82) is 0 Å². The Bertz CT molecular complexity index is 366. The second kappa shape index (κ2) is 8.23. The van der Waals surface area contributed by atoms with Crippen LogP contribution in [0, 0.1) is 5.92 Å². The molecule has 2 N–H and O–H groups in total. The molecule has 1 aromatic heterocycles. The van der Waals surface area contributed by atoms with Gasteiger partial charge in [0.2, 0.25) is 0 Å². The first-order valence-electron chi connectivity index (χ1n) is 7.93. The van der Waals surface area contributed by atoms with Crippen molar-refractivity contribution in [3.8, 4) is 0 Å². The number of aryl methyl sites for hydroxylation is 2. The number of rotatable bonds is 9. The van der Waals surface area contributed by atoms with Crippen LogP contribution in [0.3, 0.4) is 0 Å². The van der Waals surface area contributed by atoms with Crippen LogP contribution in [-0.4, -0.2) is 9.55 Å². The number of nitrogens with two attached hydrogens (primary N) is 1. The summed E-state index contributed by atoms with van der Waals surface area (Å²) in [5, 5.41) is 0. The Labute approximate surface area is 118 Å². The molecule has 110 valence electrons. The Balaban J connectivity index is 2.75. The Morgan fingerprint density at radius 3 is 2.37 bits per heavy atom. The summed E-state index contributed by atoms with van der Waals surface area (Å²) in [6, 6.07) is 0. The van der Waals surface area contributed by atoms with Crippen LogP contribution in [0.4, 0.5) is 5.82 Å². The molecule has 0 bridgehead atoms. The van der Waals surface area contributed by atoms with Crippen LogP contribution >= 0.6 is 0 Å². The zero-order valence-corrected chi connectivity index (χ0v) is 13.2.